The normalized spacial score (nSPS) is 14.4. The Bertz CT molecular complexity index is 419. The topological polar surface area (TPSA) is 35.2 Å². The van der Waals surface area contributed by atoms with Crippen molar-refractivity contribution in [2.24, 2.45) is 5.73 Å². The number of aryl methyl sites for hydroxylation is 1. The highest BCUT2D eigenvalue weighted by Crippen LogP contribution is 2.37. The van der Waals surface area contributed by atoms with Crippen LogP contribution >= 0.6 is 0 Å². The predicted octanol–water partition coefficient (Wildman–Crippen LogP) is 4.40. The van der Waals surface area contributed by atoms with Crippen molar-refractivity contribution in [3.63, 3.8) is 0 Å². The van der Waals surface area contributed by atoms with E-state index in [0.717, 1.165) is 5.75 Å². The van der Waals surface area contributed by atoms with Gasteiger partial charge in [0.05, 0.1) is 0 Å². The molecule has 1 aromatic rings. The number of benzene rings is 1. The van der Waals surface area contributed by atoms with Gasteiger partial charge in [-0.3, -0.25) is 0 Å². The van der Waals surface area contributed by atoms with Crippen LogP contribution in [0.1, 0.15) is 44.9 Å². The fraction of sp³-hybridized carbons (Fsp3) is 0.600. The summed E-state index contributed by atoms with van der Waals surface area (Å²) < 4.78 is 6.28. The maximum Gasteiger partial charge on any atom is 0.250 e. The fourth-order valence-corrected chi connectivity index (χ4v) is 2.69. The molecule has 0 aromatic heterocycles. The van der Waals surface area contributed by atoms with Gasteiger partial charge in [0.15, 0.2) is 0 Å². The summed E-state index contributed by atoms with van der Waals surface area (Å²) in [6.07, 6.45) is 0. The SMILES string of the molecule is Cc1cc(O[Si](C)(C)C(C)(C)C)ccc1C(C)N. The van der Waals surface area contributed by atoms with E-state index < -0.39 is 8.32 Å². The Morgan fingerprint density at radius 2 is 1.78 bits per heavy atom. The molecule has 0 aliphatic carbocycles. The lowest BCUT2D eigenvalue weighted by Gasteiger charge is -2.36. The Balaban J connectivity index is 2.97. The van der Waals surface area contributed by atoms with Gasteiger partial charge < -0.3 is 10.2 Å². The van der Waals surface area contributed by atoms with Gasteiger partial charge in [-0.05, 0) is 55.2 Å². The highest BCUT2D eigenvalue weighted by Gasteiger charge is 2.38. The van der Waals surface area contributed by atoms with E-state index in [9.17, 15) is 0 Å². The molecule has 3 heteroatoms. The van der Waals surface area contributed by atoms with Crippen molar-refractivity contribution < 1.29 is 4.43 Å². The van der Waals surface area contributed by atoms with Crippen LogP contribution in [0.15, 0.2) is 18.2 Å². The van der Waals surface area contributed by atoms with Crippen molar-refractivity contribution in [1.82, 2.24) is 0 Å². The van der Waals surface area contributed by atoms with E-state index in [2.05, 4.69) is 52.9 Å². The summed E-state index contributed by atoms with van der Waals surface area (Å²) in [7, 11) is -1.74. The maximum absolute atomic E-state index is 6.28. The Labute approximate surface area is 113 Å². The van der Waals surface area contributed by atoms with Gasteiger partial charge >= 0.3 is 0 Å². The summed E-state index contributed by atoms with van der Waals surface area (Å²) in [5.74, 6) is 0.975. The summed E-state index contributed by atoms with van der Waals surface area (Å²) >= 11 is 0. The summed E-state index contributed by atoms with van der Waals surface area (Å²) in [5.41, 5.74) is 8.33. The van der Waals surface area contributed by atoms with Crippen LogP contribution in [0.5, 0.6) is 5.75 Å². The van der Waals surface area contributed by atoms with Gasteiger partial charge in [-0.1, -0.05) is 26.8 Å². The van der Waals surface area contributed by atoms with Crippen molar-refractivity contribution in [3.05, 3.63) is 29.3 Å². The number of hydrogen-bond donors (Lipinski definition) is 1. The number of rotatable bonds is 3. The minimum Gasteiger partial charge on any atom is -0.543 e. The van der Waals surface area contributed by atoms with Gasteiger partial charge in [0, 0.05) is 6.04 Å². The smallest absolute Gasteiger partial charge is 0.250 e. The molecule has 1 aromatic carbocycles. The molecule has 18 heavy (non-hydrogen) atoms. The third-order valence-corrected chi connectivity index (χ3v) is 8.27. The van der Waals surface area contributed by atoms with E-state index in [1.165, 1.54) is 11.1 Å². The van der Waals surface area contributed by atoms with E-state index in [1.54, 1.807) is 0 Å². The Morgan fingerprint density at radius 1 is 1.22 bits per heavy atom. The zero-order valence-corrected chi connectivity index (χ0v) is 13.8. The second-order valence-corrected chi connectivity index (χ2v) is 11.4. The van der Waals surface area contributed by atoms with Crippen LogP contribution in [0.3, 0.4) is 0 Å². The lowest BCUT2D eigenvalue weighted by atomic mass is 10.0. The molecule has 0 bridgehead atoms. The predicted molar refractivity (Wildman–Crippen MR) is 81.6 cm³/mol. The van der Waals surface area contributed by atoms with Gasteiger partial charge in [-0.25, -0.2) is 0 Å². The summed E-state index contributed by atoms with van der Waals surface area (Å²) in [6.45, 7) is 15.4. The van der Waals surface area contributed by atoms with Crippen LogP contribution in [0.2, 0.25) is 18.1 Å². The first-order chi connectivity index (χ1) is 8.04. The molecule has 0 aliphatic rings. The lowest BCUT2D eigenvalue weighted by Crippen LogP contribution is -2.43. The molecule has 0 aliphatic heterocycles. The van der Waals surface area contributed by atoms with Crippen molar-refractivity contribution in [3.8, 4) is 5.75 Å². The zero-order chi connectivity index (χ0) is 14.1. The highest BCUT2D eigenvalue weighted by atomic mass is 28.4. The monoisotopic (exact) mass is 265 g/mol. The Morgan fingerprint density at radius 3 is 2.17 bits per heavy atom. The summed E-state index contributed by atoms with van der Waals surface area (Å²) in [4.78, 5) is 0. The van der Waals surface area contributed by atoms with Gasteiger partial charge in [0.25, 0.3) is 0 Å². The second kappa shape index (κ2) is 5.06. The summed E-state index contributed by atoms with van der Waals surface area (Å²) in [6, 6.07) is 6.32. The molecule has 1 atom stereocenters. The molecular weight excluding hydrogens is 238 g/mol. The number of hydrogen-bond acceptors (Lipinski definition) is 2. The first-order valence-corrected chi connectivity index (χ1v) is 9.50. The lowest BCUT2D eigenvalue weighted by molar-refractivity contribution is 0.491. The molecule has 2 N–H and O–H groups in total. The standard InChI is InChI=1S/C15H27NOSi/c1-11-10-13(8-9-14(11)12(2)16)17-18(6,7)15(3,4)5/h8-10,12H,16H2,1-7H3. The zero-order valence-electron chi connectivity index (χ0n) is 12.8. The van der Waals surface area contributed by atoms with E-state index in [4.69, 9.17) is 10.2 Å². The number of nitrogens with two attached hydrogens (primary N) is 1. The van der Waals surface area contributed by atoms with E-state index >= 15 is 0 Å². The quantitative estimate of drug-likeness (QED) is 0.822. The molecule has 0 spiro atoms. The molecule has 0 amide bonds. The molecule has 1 rings (SSSR count). The molecule has 2 nitrogen and oxygen atoms in total. The molecule has 0 saturated heterocycles. The first-order valence-electron chi connectivity index (χ1n) is 6.60. The van der Waals surface area contributed by atoms with Crippen LogP contribution in [-0.4, -0.2) is 8.32 Å². The molecule has 102 valence electrons. The van der Waals surface area contributed by atoms with Crippen molar-refractivity contribution in [2.75, 3.05) is 0 Å². The van der Waals surface area contributed by atoms with Gasteiger partial charge in [0.1, 0.15) is 5.75 Å². The van der Waals surface area contributed by atoms with Gasteiger partial charge in [-0.2, -0.15) is 0 Å². The third-order valence-electron chi connectivity index (χ3n) is 3.91. The van der Waals surface area contributed by atoms with Crippen LogP contribution in [0, 0.1) is 6.92 Å². The highest BCUT2D eigenvalue weighted by molar-refractivity contribution is 6.74. The molecule has 0 heterocycles. The average Bonchev–Trinajstić information content (AvgIpc) is 2.14. The first kappa shape index (κ1) is 15.3. The van der Waals surface area contributed by atoms with Crippen LogP contribution < -0.4 is 10.2 Å². The fourth-order valence-electron chi connectivity index (χ4n) is 1.67. The minimum absolute atomic E-state index is 0.0759. The Hall–Kier alpha value is -0.803. The largest absolute Gasteiger partial charge is 0.543 e. The van der Waals surface area contributed by atoms with Crippen molar-refractivity contribution in [2.45, 2.75) is 58.8 Å². The minimum atomic E-state index is -1.74. The molecule has 0 saturated carbocycles. The van der Waals surface area contributed by atoms with Gasteiger partial charge in [0.2, 0.25) is 8.32 Å². The molecule has 1 unspecified atom stereocenters. The van der Waals surface area contributed by atoms with Crippen LogP contribution in [-0.2, 0) is 0 Å². The van der Waals surface area contributed by atoms with E-state index in [-0.39, 0.29) is 11.1 Å². The van der Waals surface area contributed by atoms with Crippen LogP contribution in [0.4, 0.5) is 0 Å². The van der Waals surface area contributed by atoms with Crippen molar-refractivity contribution in [1.29, 1.82) is 0 Å². The van der Waals surface area contributed by atoms with Gasteiger partial charge in [-0.15, -0.1) is 0 Å². The van der Waals surface area contributed by atoms with E-state index in [0.29, 0.717) is 0 Å². The molecule has 0 radical (unpaired) electrons. The third kappa shape index (κ3) is 3.36. The summed E-state index contributed by atoms with van der Waals surface area (Å²) in [5, 5.41) is 0.223. The second-order valence-electron chi connectivity index (χ2n) is 6.67. The molecular formula is C15H27NOSi. The van der Waals surface area contributed by atoms with Crippen molar-refractivity contribution >= 4 is 8.32 Å². The Kier molecular flexibility index (Phi) is 4.29. The molecule has 0 fully saturated rings. The van der Waals surface area contributed by atoms with Crippen LogP contribution in [0.25, 0.3) is 0 Å². The average molecular weight is 265 g/mol. The van der Waals surface area contributed by atoms with E-state index in [1.807, 2.05) is 13.0 Å². The maximum atomic E-state index is 6.28.